The topological polar surface area (TPSA) is 46.2 Å². The maximum absolute atomic E-state index is 5.46. The van der Waals surface area contributed by atoms with Crippen LogP contribution in [-0.4, -0.2) is 32.5 Å². The Hall–Kier alpha value is 0.280. The molecule has 0 bridgehead atoms. The lowest BCUT2D eigenvalue weighted by Gasteiger charge is -2.15. The number of hydrogen-bond donors (Lipinski definition) is 0. The Bertz CT molecular complexity index is 454. The Labute approximate surface area is 265 Å². The molecule has 0 aliphatic rings. The first kappa shape index (κ1) is 41.3. The van der Waals surface area contributed by atoms with Crippen molar-refractivity contribution in [3.8, 4) is 0 Å². The molecule has 248 valence electrons. The maximum Gasteiger partial charge on any atom is 0.144 e. The quantitative estimate of drug-likeness (QED) is 0.0380. The Morgan fingerprint density at radius 2 is 0.683 bits per heavy atom. The van der Waals surface area contributed by atoms with Gasteiger partial charge >= 0.3 is 0 Å². The molecule has 0 radical (unpaired) electrons. The van der Waals surface area contributed by atoms with Gasteiger partial charge in [-0.15, -0.1) is 0 Å². The summed E-state index contributed by atoms with van der Waals surface area (Å²) in [5, 5.41) is 0. The van der Waals surface area contributed by atoms with Crippen LogP contribution in [0.25, 0.3) is 0 Å². The van der Waals surface area contributed by atoms with Crippen LogP contribution in [0.5, 0.6) is 0 Å². The van der Waals surface area contributed by atoms with E-state index in [2.05, 4.69) is 30.1 Å². The first-order chi connectivity index (χ1) is 20.3. The van der Waals surface area contributed by atoms with Gasteiger partial charge in [0.25, 0.3) is 0 Å². The smallest absolute Gasteiger partial charge is 0.144 e. The van der Waals surface area contributed by atoms with E-state index in [-0.39, 0.29) is 6.10 Å². The van der Waals surface area contributed by atoms with Crippen LogP contribution in [0.15, 0.2) is 0 Å². The largest absolute Gasteiger partial charge is 0.305 e. The fraction of sp³-hybridized carbons (Fsp3) is 1.00. The Morgan fingerprint density at radius 1 is 0.366 bits per heavy atom. The van der Waals surface area contributed by atoms with Gasteiger partial charge in [-0.05, 0) is 12.8 Å². The van der Waals surface area contributed by atoms with Crippen LogP contribution < -0.4 is 0 Å². The van der Waals surface area contributed by atoms with E-state index in [1.807, 2.05) is 0 Å². The highest BCUT2D eigenvalue weighted by molar-refractivity contribution is 9.06. The minimum atomic E-state index is -0.308. The highest BCUT2D eigenvalue weighted by Crippen LogP contribution is 2.14. The second-order valence-corrected chi connectivity index (χ2v) is 12.6. The lowest BCUT2D eigenvalue weighted by molar-refractivity contribution is -0.368. The van der Waals surface area contributed by atoms with Crippen molar-refractivity contribution in [3.05, 3.63) is 0 Å². The highest BCUT2D eigenvalue weighted by atomic mass is 79.9. The summed E-state index contributed by atoms with van der Waals surface area (Å²) in [7, 11) is 0. The molecule has 0 aliphatic carbocycles. The zero-order chi connectivity index (χ0) is 29.7. The lowest BCUT2D eigenvalue weighted by Crippen LogP contribution is -2.25. The van der Waals surface area contributed by atoms with Crippen molar-refractivity contribution in [2.45, 2.75) is 200 Å². The molecule has 41 heavy (non-hydrogen) atoms. The van der Waals surface area contributed by atoms with Crippen molar-refractivity contribution >= 4 is 16.3 Å². The number of halogens is 1. The molecule has 0 saturated carbocycles. The highest BCUT2D eigenvalue weighted by Gasteiger charge is 2.12. The summed E-state index contributed by atoms with van der Waals surface area (Å²) in [6, 6.07) is 0. The predicted molar refractivity (Wildman–Crippen MR) is 178 cm³/mol. The molecule has 1 unspecified atom stereocenters. The molecule has 5 nitrogen and oxygen atoms in total. The van der Waals surface area contributed by atoms with Gasteiger partial charge in [-0.1, -0.05) is 181 Å². The first-order valence-electron chi connectivity index (χ1n) is 18.1. The molecule has 0 spiro atoms. The maximum atomic E-state index is 5.46. The summed E-state index contributed by atoms with van der Waals surface area (Å²) >= 11 is 3.00. The standard InChI is InChI=1S/C35H71BrO5/c1-3-5-7-9-11-13-15-17-19-21-23-25-27-29-31-38-40-34-35(33-37-36)41-39-32-30-28-26-24-22-20-18-16-14-12-10-8-6-4-2/h35H,3-34H2,1-2H3. The SMILES string of the molecule is CCCCCCCCCCCCCCCCOOCC(COBr)OOCCCCCCCCCCCCCCCC. The fourth-order valence-electron chi connectivity index (χ4n) is 5.21. The normalized spacial score (nSPS) is 12.4. The molecule has 0 heterocycles. The van der Waals surface area contributed by atoms with E-state index in [1.165, 1.54) is 167 Å². The van der Waals surface area contributed by atoms with Gasteiger partial charge in [0.05, 0.1) is 36.1 Å². The third-order valence-corrected chi connectivity index (χ3v) is 8.22. The Morgan fingerprint density at radius 3 is 1.02 bits per heavy atom. The predicted octanol–water partition coefficient (Wildman–Crippen LogP) is 12.5. The van der Waals surface area contributed by atoms with Crippen LogP contribution >= 0.6 is 16.3 Å². The number of unbranched alkanes of at least 4 members (excludes halogenated alkanes) is 26. The number of hydrogen-bond acceptors (Lipinski definition) is 5. The molecule has 0 aromatic carbocycles. The van der Waals surface area contributed by atoms with Crippen LogP contribution in [0.4, 0.5) is 0 Å². The summed E-state index contributed by atoms with van der Waals surface area (Å²) < 4.78 is 5.04. The molecule has 0 saturated heterocycles. The molecule has 6 heteroatoms. The summed E-state index contributed by atoms with van der Waals surface area (Å²) in [5.74, 6) is 0. The average Bonchev–Trinajstić information content (AvgIpc) is 2.98. The fourth-order valence-corrected chi connectivity index (χ4v) is 5.51. The minimum Gasteiger partial charge on any atom is -0.305 e. The van der Waals surface area contributed by atoms with Gasteiger partial charge in [-0.3, -0.25) is 0 Å². The van der Waals surface area contributed by atoms with E-state index in [0.29, 0.717) is 26.4 Å². The third kappa shape index (κ3) is 36.4. The summed E-state index contributed by atoms with van der Waals surface area (Å²) in [6.45, 7) is 6.44. The van der Waals surface area contributed by atoms with E-state index < -0.39 is 0 Å². The van der Waals surface area contributed by atoms with Crippen LogP contribution in [0.3, 0.4) is 0 Å². The second-order valence-electron chi connectivity index (χ2n) is 12.1. The van der Waals surface area contributed by atoms with Crippen LogP contribution in [0.2, 0.25) is 0 Å². The molecule has 0 N–H and O–H groups in total. The summed E-state index contributed by atoms with van der Waals surface area (Å²) in [6.07, 6.45) is 37.6. The van der Waals surface area contributed by atoms with Gasteiger partial charge in [0.15, 0.2) is 0 Å². The van der Waals surface area contributed by atoms with Crippen molar-refractivity contribution in [3.63, 3.8) is 0 Å². The molecule has 1 atom stereocenters. The van der Waals surface area contributed by atoms with Gasteiger partial charge in [0.2, 0.25) is 0 Å². The van der Waals surface area contributed by atoms with Crippen molar-refractivity contribution in [1.82, 2.24) is 0 Å². The van der Waals surface area contributed by atoms with Crippen molar-refractivity contribution in [2.24, 2.45) is 0 Å². The Kier molecular flexibility index (Phi) is 38.6. The van der Waals surface area contributed by atoms with Gasteiger partial charge in [-0.2, -0.15) is 0 Å². The lowest BCUT2D eigenvalue weighted by atomic mass is 10.0. The van der Waals surface area contributed by atoms with Gasteiger partial charge < -0.3 is 3.83 Å². The number of rotatable bonds is 37. The molecular formula is C35H71BrO5. The van der Waals surface area contributed by atoms with E-state index in [1.54, 1.807) is 0 Å². The third-order valence-electron chi connectivity index (χ3n) is 7.95. The van der Waals surface area contributed by atoms with E-state index in [9.17, 15) is 0 Å². The van der Waals surface area contributed by atoms with Gasteiger partial charge in [0.1, 0.15) is 12.7 Å². The van der Waals surface area contributed by atoms with E-state index in [0.717, 1.165) is 12.8 Å². The second kappa shape index (κ2) is 38.3. The first-order valence-corrected chi connectivity index (χ1v) is 18.8. The molecule has 0 amide bonds. The molecule has 0 aromatic heterocycles. The summed E-state index contributed by atoms with van der Waals surface area (Å²) in [5.41, 5.74) is 0. The molecule has 0 aromatic rings. The van der Waals surface area contributed by atoms with E-state index in [4.69, 9.17) is 23.4 Å². The average molecular weight is 652 g/mol. The molecule has 0 rings (SSSR count). The molecule has 0 aliphatic heterocycles. The molecular weight excluding hydrogens is 580 g/mol. The van der Waals surface area contributed by atoms with Crippen LogP contribution in [0.1, 0.15) is 194 Å². The van der Waals surface area contributed by atoms with Crippen LogP contribution in [-0.2, 0) is 23.4 Å². The zero-order valence-electron chi connectivity index (χ0n) is 27.6. The van der Waals surface area contributed by atoms with Crippen molar-refractivity contribution < 1.29 is 23.4 Å². The zero-order valence-corrected chi connectivity index (χ0v) is 29.2. The van der Waals surface area contributed by atoms with Gasteiger partial charge in [0, 0.05) is 0 Å². The van der Waals surface area contributed by atoms with E-state index >= 15 is 0 Å². The van der Waals surface area contributed by atoms with Crippen LogP contribution in [0, 0.1) is 0 Å². The summed E-state index contributed by atoms with van der Waals surface area (Å²) in [4.78, 5) is 21.5. The van der Waals surface area contributed by atoms with Gasteiger partial charge in [-0.25, -0.2) is 19.6 Å². The van der Waals surface area contributed by atoms with Crippen molar-refractivity contribution in [2.75, 3.05) is 26.4 Å². The Balaban J connectivity index is 3.35. The minimum absolute atomic E-state index is 0.295. The van der Waals surface area contributed by atoms with Crippen molar-refractivity contribution in [1.29, 1.82) is 0 Å². The molecule has 0 fully saturated rings. The monoisotopic (exact) mass is 650 g/mol.